The van der Waals surface area contributed by atoms with Gasteiger partial charge in [0.15, 0.2) is 0 Å². The van der Waals surface area contributed by atoms with Crippen LogP contribution in [0.3, 0.4) is 0 Å². The van der Waals surface area contributed by atoms with Gasteiger partial charge in [-0.25, -0.2) is 0 Å². The molecule has 3 heteroatoms. The van der Waals surface area contributed by atoms with E-state index >= 15 is 0 Å². The van der Waals surface area contributed by atoms with E-state index in [1.54, 1.807) is 0 Å². The predicted octanol–water partition coefficient (Wildman–Crippen LogP) is 3.76. The molecule has 0 fully saturated rings. The number of hydrogen-bond acceptors (Lipinski definition) is 2. The van der Waals surface area contributed by atoms with E-state index in [4.69, 9.17) is 0 Å². The van der Waals surface area contributed by atoms with E-state index in [1.807, 2.05) is 12.3 Å². The molecule has 3 nitrogen and oxygen atoms in total. The summed E-state index contributed by atoms with van der Waals surface area (Å²) >= 11 is 0. The SMILES string of the molecule is CC(CNCc1ccccc1)Nc1cccc2[nH]ccc12. The van der Waals surface area contributed by atoms with Crippen LogP contribution in [0.15, 0.2) is 60.8 Å². The second kappa shape index (κ2) is 6.46. The number of nitrogens with one attached hydrogen (secondary N) is 3. The zero-order valence-corrected chi connectivity index (χ0v) is 12.3. The van der Waals surface area contributed by atoms with Gasteiger partial charge in [-0.1, -0.05) is 36.4 Å². The summed E-state index contributed by atoms with van der Waals surface area (Å²) in [7, 11) is 0. The van der Waals surface area contributed by atoms with Crippen LogP contribution in [0.2, 0.25) is 0 Å². The molecule has 2 aromatic carbocycles. The van der Waals surface area contributed by atoms with Gasteiger partial charge < -0.3 is 15.6 Å². The molecule has 1 unspecified atom stereocenters. The van der Waals surface area contributed by atoms with Gasteiger partial charge in [0, 0.05) is 41.9 Å². The Morgan fingerprint density at radius 3 is 2.71 bits per heavy atom. The van der Waals surface area contributed by atoms with E-state index in [1.165, 1.54) is 22.2 Å². The minimum absolute atomic E-state index is 0.370. The highest BCUT2D eigenvalue weighted by Gasteiger charge is 2.05. The summed E-state index contributed by atoms with van der Waals surface area (Å²) in [6, 6.07) is 19.3. The van der Waals surface area contributed by atoms with Crippen LogP contribution in [0.4, 0.5) is 5.69 Å². The van der Waals surface area contributed by atoms with Crippen LogP contribution in [-0.4, -0.2) is 17.6 Å². The lowest BCUT2D eigenvalue weighted by atomic mass is 10.2. The van der Waals surface area contributed by atoms with E-state index in [0.717, 1.165) is 13.1 Å². The van der Waals surface area contributed by atoms with Crippen molar-refractivity contribution in [1.82, 2.24) is 10.3 Å². The van der Waals surface area contributed by atoms with Crippen LogP contribution in [0.25, 0.3) is 10.9 Å². The van der Waals surface area contributed by atoms with Crippen LogP contribution in [-0.2, 0) is 6.54 Å². The first-order valence-electron chi connectivity index (χ1n) is 7.40. The summed E-state index contributed by atoms with van der Waals surface area (Å²) in [5, 5.41) is 8.31. The van der Waals surface area contributed by atoms with Gasteiger partial charge in [0.2, 0.25) is 0 Å². The molecule has 3 rings (SSSR count). The number of benzene rings is 2. The summed E-state index contributed by atoms with van der Waals surface area (Å²) in [6.07, 6.45) is 1.98. The number of H-pyrrole nitrogens is 1. The first kappa shape index (κ1) is 13.7. The van der Waals surface area contributed by atoms with Crippen molar-refractivity contribution < 1.29 is 0 Å². The predicted molar refractivity (Wildman–Crippen MR) is 89.5 cm³/mol. The first-order valence-corrected chi connectivity index (χ1v) is 7.40. The highest BCUT2D eigenvalue weighted by molar-refractivity contribution is 5.91. The maximum absolute atomic E-state index is 3.57. The number of hydrogen-bond donors (Lipinski definition) is 3. The van der Waals surface area contributed by atoms with Gasteiger partial charge in [0.05, 0.1) is 0 Å². The molecule has 0 aliphatic heterocycles. The maximum atomic E-state index is 3.57. The molecular formula is C18H21N3. The number of rotatable bonds is 6. The highest BCUT2D eigenvalue weighted by Crippen LogP contribution is 2.22. The maximum Gasteiger partial charge on any atom is 0.0474 e. The molecule has 0 amide bonds. The Kier molecular flexibility index (Phi) is 4.22. The van der Waals surface area contributed by atoms with Gasteiger partial charge in [-0.05, 0) is 30.7 Å². The van der Waals surface area contributed by atoms with Gasteiger partial charge in [-0.2, -0.15) is 0 Å². The van der Waals surface area contributed by atoms with Gasteiger partial charge in [0.1, 0.15) is 0 Å². The fourth-order valence-corrected chi connectivity index (χ4v) is 2.56. The van der Waals surface area contributed by atoms with Gasteiger partial charge in [0.25, 0.3) is 0 Å². The van der Waals surface area contributed by atoms with Gasteiger partial charge >= 0.3 is 0 Å². The third-order valence-corrected chi connectivity index (χ3v) is 3.62. The Labute approximate surface area is 125 Å². The van der Waals surface area contributed by atoms with Crippen LogP contribution in [0.1, 0.15) is 12.5 Å². The van der Waals surface area contributed by atoms with Crippen LogP contribution in [0.5, 0.6) is 0 Å². The summed E-state index contributed by atoms with van der Waals surface area (Å²) in [6.45, 7) is 4.03. The van der Waals surface area contributed by atoms with Crippen LogP contribution < -0.4 is 10.6 Å². The highest BCUT2D eigenvalue weighted by atomic mass is 15.0. The Balaban J connectivity index is 1.54. The second-order valence-electron chi connectivity index (χ2n) is 5.41. The third kappa shape index (κ3) is 3.44. The second-order valence-corrected chi connectivity index (χ2v) is 5.41. The molecule has 108 valence electrons. The molecule has 0 aliphatic carbocycles. The van der Waals surface area contributed by atoms with Crippen LogP contribution >= 0.6 is 0 Å². The molecule has 0 saturated carbocycles. The molecule has 0 bridgehead atoms. The van der Waals surface area contributed by atoms with E-state index in [0.29, 0.717) is 6.04 Å². The van der Waals surface area contributed by atoms with Crippen molar-refractivity contribution in [2.45, 2.75) is 19.5 Å². The van der Waals surface area contributed by atoms with Crippen molar-refractivity contribution in [1.29, 1.82) is 0 Å². The number of fused-ring (bicyclic) bond motifs is 1. The largest absolute Gasteiger partial charge is 0.381 e. The van der Waals surface area contributed by atoms with E-state index in [-0.39, 0.29) is 0 Å². The van der Waals surface area contributed by atoms with Crippen molar-refractivity contribution in [3.8, 4) is 0 Å². The number of aromatic amines is 1. The average molecular weight is 279 g/mol. The number of aromatic nitrogens is 1. The van der Waals surface area contributed by atoms with Crippen molar-refractivity contribution in [2.24, 2.45) is 0 Å². The fraction of sp³-hybridized carbons (Fsp3) is 0.222. The lowest BCUT2D eigenvalue weighted by Crippen LogP contribution is -2.30. The summed E-state index contributed by atoms with van der Waals surface area (Å²) < 4.78 is 0. The molecule has 0 radical (unpaired) electrons. The molecule has 1 heterocycles. The zero-order chi connectivity index (χ0) is 14.5. The molecule has 0 aliphatic rings. The molecular weight excluding hydrogens is 258 g/mol. The van der Waals surface area contributed by atoms with E-state index in [9.17, 15) is 0 Å². The normalized spacial score (nSPS) is 12.4. The quantitative estimate of drug-likeness (QED) is 0.643. The zero-order valence-electron chi connectivity index (χ0n) is 12.3. The van der Waals surface area contributed by atoms with Gasteiger partial charge in [-0.3, -0.25) is 0 Å². The molecule has 0 saturated heterocycles. The minimum atomic E-state index is 0.370. The average Bonchev–Trinajstić information content (AvgIpc) is 2.98. The van der Waals surface area contributed by atoms with E-state index < -0.39 is 0 Å². The summed E-state index contributed by atoms with van der Waals surface area (Å²) in [4.78, 5) is 3.24. The van der Waals surface area contributed by atoms with Crippen LogP contribution in [0, 0.1) is 0 Å². The Bertz CT molecular complexity index is 688. The standard InChI is InChI=1S/C18H21N3/c1-14(12-19-13-15-6-3-2-4-7-15)21-18-9-5-8-17-16(18)10-11-20-17/h2-11,14,19-21H,12-13H2,1H3. The Morgan fingerprint density at radius 1 is 1.00 bits per heavy atom. The molecule has 3 aromatic rings. The smallest absolute Gasteiger partial charge is 0.0474 e. The molecule has 21 heavy (non-hydrogen) atoms. The first-order chi connectivity index (χ1) is 10.3. The lowest BCUT2D eigenvalue weighted by molar-refractivity contribution is 0.632. The third-order valence-electron chi connectivity index (χ3n) is 3.62. The molecule has 1 atom stereocenters. The summed E-state index contributed by atoms with van der Waals surface area (Å²) in [5.74, 6) is 0. The Hall–Kier alpha value is -2.26. The molecule has 3 N–H and O–H groups in total. The van der Waals surface area contributed by atoms with E-state index in [2.05, 4.69) is 71.1 Å². The van der Waals surface area contributed by atoms with Gasteiger partial charge in [-0.15, -0.1) is 0 Å². The summed E-state index contributed by atoms with van der Waals surface area (Å²) in [5.41, 5.74) is 3.67. The van der Waals surface area contributed by atoms with Crippen molar-refractivity contribution in [3.05, 3.63) is 66.4 Å². The Morgan fingerprint density at radius 2 is 1.86 bits per heavy atom. The topological polar surface area (TPSA) is 39.8 Å². The monoisotopic (exact) mass is 279 g/mol. The number of anilines is 1. The molecule has 0 spiro atoms. The minimum Gasteiger partial charge on any atom is -0.381 e. The fourth-order valence-electron chi connectivity index (χ4n) is 2.56. The van der Waals surface area contributed by atoms with Crippen molar-refractivity contribution in [2.75, 3.05) is 11.9 Å². The van der Waals surface area contributed by atoms with Crippen molar-refractivity contribution >= 4 is 16.6 Å². The lowest BCUT2D eigenvalue weighted by Gasteiger charge is -2.17. The molecule has 1 aromatic heterocycles. The van der Waals surface area contributed by atoms with Crippen molar-refractivity contribution in [3.63, 3.8) is 0 Å².